The van der Waals surface area contributed by atoms with Gasteiger partial charge in [-0.15, -0.1) is 0 Å². The van der Waals surface area contributed by atoms with Crippen LogP contribution in [0.5, 0.6) is 0 Å². The molecule has 0 fully saturated rings. The highest BCUT2D eigenvalue weighted by atomic mass is 16.3. The number of nitrogens with zero attached hydrogens (tertiary/aromatic N) is 1. The molecule has 1 aromatic heterocycles. The Bertz CT molecular complexity index is 411. The monoisotopic (exact) mass is 237 g/mol. The van der Waals surface area contributed by atoms with E-state index in [1.165, 1.54) is 5.56 Å². The molecule has 0 amide bonds. The first-order chi connectivity index (χ1) is 7.87. The van der Waals surface area contributed by atoms with Gasteiger partial charge in [-0.25, -0.2) is 0 Å². The smallest absolute Gasteiger partial charge is 0.250 e. The average Bonchev–Trinajstić information content (AvgIpc) is 2.22. The highest BCUT2D eigenvalue weighted by molar-refractivity contribution is 5.15. The molecule has 0 saturated heterocycles. The van der Waals surface area contributed by atoms with Crippen molar-refractivity contribution in [2.45, 2.75) is 58.6 Å². The van der Waals surface area contributed by atoms with Gasteiger partial charge in [0.25, 0.3) is 5.56 Å². The van der Waals surface area contributed by atoms with Crippen molar-refractivity contribution >= 4 is 0 Å². The van der Waals surface area contributed by atoms with Gasteiger partial charge in [-0.2, -0.15) is 0 Å². The molecule has 1 N–H and O–H groups in total. The largest absolute Gasteiger partial charge is 0.389 e. The van der Waals surface area contributed by atoms with Crippen LogP contribution in [0.15, 0.2) is 23.1 Å². The lowest BCUT2D eigenvalue weighted by atomic mass is 9.95. The Morgan fingerprint density at radius 3 is 2.35 bits per heavy atom. The third-order valence-electron chi connectivity index (χ3n) is 3.02. The molecule has 0 aliphatic rings. The molecule has 1 aromatic rings. The van der Waals surface area contributed by atoms with Crippen molar-refractivity contribution in [2.24, 2.45) is 0 Å². The fourth-order valence-corrected chi connectivity index (χ4v) is 2.09. The van der Waals surface area contributed by atoms with E-state index in [0.29, 0.717) is 12.5 Å². The Balaban J connectivity index is 3.06. The molecule has 1 heterocycles. The van der Waals surface area contributed by atoms with E-state index in [0.717, 1.165) is 12.8 Å². The number of aliphatic hydroxyl groups is 1. The van der Waals surface area contributed by atoms with Crippen LogP contribution in [0.25, 0.3) is 0 Å². The van der Waals surface area contributed by atoms with Crippen molar-refractivity contribution in [1.82, 2.24) is 4.57 Å². The number of hydrogen-bond donors (Lipinski definition) is 1. The molecule has 0 aliphatic carbocycles. The van der Waals surface area contributed by atoms with Crippen molar-refractivity contribution in [3.8, 4) is 0 Å². The first-order valence-corrected chi connectivity index (χ1v) is 6.30. The van der Waals surface area contributed by atoms with Crippen molar-refractivity contribution in [2.75, 3.05) is 0 Å². The van der Waals surface area contributed by atoms with Crippen LogP contribution in [-0.4, -0.2) is 15.3 Å². The Hall–Kier alpha value is -1.09. The second-order valence-electron chi connectivity index (χ2n) is 5.25. The van der Waals surface area contributed by atoms with E-state index >= 15 is 0 Å². The van der Waals surface area contributed by atoms with Crippen LogP contribution >= 0.6 is 0 Å². The predicted molar refractivity (Wildman–Crippen MR) is 70.3 cm³/mol. The Kier molecular flexibility index (Phi) is 4.52. The molecule has 0 atom stereocenters. The normalized spacial score (nSPS) is 12.1. The Labute approximate surface area is 103 Å². The van der Waals surface area contributed by atoms with E-state index in [1.54, 1.807) is 24.5 Å². The third kappa shape index (κ3) is 4.00. The summed E-state index contributed by atoms with van der Waals surface area (Å²) >= 11 is 0. The van der Waals surface area contributed by atoms with Gasteiger partial charge in [0, 0.05) is 12.3 Å². The Morgan fingerprint density at radius 1 is 1.29 bits per heavy atom. The van der Waals surface area contributed by atoms with E-state index in [9.17, 15) is 9.90 Å². The summed E-state index contributed by atoms with van der Waals surface area (Å²) in [5.74, 6) is 0.489. The minimum absolute atomic E-state index is 0.0539. The SMILES string of the molecule is CCC(CC)c1ccc(=O)n(CC(C)(C)O)c1. The van der Waals surface area contributed by atoms with E-state index < -0.39 is 5.60 Å². The summed E-state index contributed by atoms with van der Waals surface area (Å²) in [6, 6.07) is 3.50. The number of rotatable bonds is 5. The molecule has 3 nitrogen and oxygen atoms in total. The molecule has 96 valence electrons. The number of pyridine rings is 1. The molecule has 1 rings (SSSR count). The lowest BCUT2D eigenvalue weighted by Gasteiger charge is -2.20. The van der Waals surface area contributed by atoms with Crippen LogP contribution in [0.1, 0.15) is 52.0 Å². The van der Waals surface area contributed by atoms with E-state index in [1.807, 2.05) is 12.3 Å². The van der Waals surface area contributed by atoms with Gasteiger partial charge in [0.15, 0.2) is 0 Å². The maximum absolute atomic E-state index is 11.7. The van der Waals surface area contributed by atoms with Crippen molar-refractivity contribution in [3.05, 3.63) is 34.2 Å². The molecule has 0 saturated carbocycles. The second-order valence-corrected chi connectivity index (χ2v) is 5.25. The summed E-state index contributed by atoms with van der Waals surface area (Å²) in [7, 11) is 0. The standard InChI is InChI=1S/C14H23NO2/c1-5-11(6-2)12-7-8-13(16)15(9-12)10-14(3,4)17/h7-9,11,17H,5-6,10H2,1-4H3. The lowest BCUT2D eigenvalue weighted by molar-refractivity contribution is 0.0603. The Morgan fingerprint density at radius 2 is 1.88 bits per heavy atom. The van der Waals surface area contributed by atoms with Crippen molar-refractivity contribution in [1.29, 1.82) is 0 Å². The van der Waals surface area contributed by atoms with Crippen LogP contribution in [0.2, 0.25) is 0 Å². The van der Waals surface area contributed by atoms with Gasteiger partial charge in [0.2, 0.25) is 0 Å². The fourth-order valence-electron chi connectivity index (χ4n) is 2.09. The van der Waals surface area contributed by atoms with E-state index in [2.05, 4.69) is 13.8 Å². The van der Waals surface area contributed by atoms with Gasteiger partial charge in [-0.05, 0) is 38.2 Å². The fraction of sp³-hybridized carbons (Fsp3) is 0.643. The maximum atomic E-state index is 11.7. The van der Waals surface area contributed by atoms with Gasteiger partial charge >= 0.3 is 0 Å². The van der Waals surface area contributed by atoms with Gasteiger partial charge < -0.3 is 9.67 Å². The maximum Gasteiger partial charge on any atom is 0.250 e. The predicted octanol–water partition coefficient (Wildman–Crippen LogP) is 2.52. The van der Waals surface area contributed by atoms with Gasteiger partial charge in [0.1, 0.15) is 0 Å². The molecule has 0 radical (unpaired) electrons. The topological polar surface area (TPSA) is 42.2 Å². The zero-order chi connectivity index (χ0) is 13.1. The summed E-state index contributed by atoms with van der Waals surface area (Å²) < 4.78 is 1.60. The van der Waals surface area contributed by atoms with Crippen LogP contribution in [0.4, 0.5) is 0 Å². The van der Waals surface area contributed by atoms with Crippen LogP contribution in [-0.2, 0) is 6.54 Å². The summed E-state index contributed by atoms with van der Waals surface area (Å²) in [4.78, 5) is 11.7. The molecule has 0 aromatic carbocycles. The summed E-state index contributed by atoms with van der Waals surface area (Å²) in [6.07, 6.45) is 4.02. The highest BCUT2D eigenvalue weighted by Gasteiger charge is 2.15. The summed E-state index contributed by atoms with van der Waals surface area (Å²) in [6.45, 7) is 8.06. The highest BCUT2D eigenvalue weighted by Crippen LogP contribution is 2.21. The molecular formula is C14H23NO2. The van der Waals surface area contributed by atoms with Crippen LogP contribution in [0, 0.1) is 0 Å². The molecule has 17 heavy (non-hydrogen) atoms. The van der Waals surface area contributed by atoms with Gasteiger partial charge in [-0.3, -0.25) is 4.79 Å². The zero-order valence-electron chi connectivity index (χ0n) is 11.2. The molecule has 0 spiro atoms. The minimum atomic E-state index is -0.865. The first kappa shape index (κ1) is 14.0. The molecular weight excluding hydrogens is 214 g/mol. The van der Waals surface area contributed by atoms with Gasteiger partial charge in [0.05, 0.1) is 12.1 Å². The lowest BCUT2D eigenvalue weighted by Crippen LogP contribution is -2.32. The van der Waals surface area contributed by atoms with Crippen LogP contribution in [0.3, 0.4) is 0 Å². The second kappa shape index (κ2) is 5.50. The summed E-state index contributed by atoms with van der Waals surface area (Å²) in [5, 5.41) is 9.78. The van der Waals surface area contributed by atoms with Crippen LogP contribution < -0.4 is 5.56 Å². The quantitative estimate of drug-likeness (QED) is 0.855. The van der Waals surface area contributed by atoms with Crippen molar-refractivity contribution in [3.63, 3.8) is 0 Å². The number of hydrogen-bond acceptors (Lipinski definition) is 2. The average molecular weight is 237 g/mol. The molecule has 0 bridgehead atoms. The number of aromatic nitrogens is 1. The molecule has 3 heteroatoms. The minimum Gasteiger partial charge on any atom is -0.389 e. The first-order valence-electron chi connectivity index (χ1n) is 6.30. The third-order valence-corrected chi connectivity index (χ3v) is 3.02. The van der Waals surface area contributed by atoms with E-state index in [4.69, 9.17) is 0 Å². The zero-order valence-corrected chi connectivity index (χ0v) is 11.2. The van der Waals surface area contributed by atoms with Gasteiger partial charge in [-0.1, -0.05) is 19.9 Å². The molecule has 0 unspecified atom stereocenters. The van der Waals surface area contributed by atoms with E-state index in [-0.39, 0.29) is 5.56 Å². The summed E-state index contributed by atoms with van der Waals surface area (Å²) in [5.41, 5.74) is 0.261. The van der Waals surface area contributed by atoms with Crippen molar-refractivity contribution < 1.29 is 5.11 Å². The molecule has 0 aliphatic heterocycles.